The van der Waals surface area contributed by atoms with Crippen LogP contribution in [0.4, 0.5) is 19.3 Å². The number of halogens is 2. The summed E-state index contributed by atoms with van der Waals surface area (Å²) in [5, 5.41) is 2.52. The van der Waals surface area contributed by atoms with E-state index in [2.05, 4.69) is 24.8 Å². The molecular weight excluding hydrogens is 440 g/mol. The minimum Gasteiger partial charge on any atom is -0.322 e. The minimum atomic E-state index is -0.793. The Labute approximate surface area is 194 Å². The van der Waals surface area contributed by atoms with E-state index in [4.69, 9.17) is 4.98 Å². The maximum Gasteiger partial charge on any atom is 0.322 e. The van der Waals surface area contributed by atoms with Crippen LogP contribution >= 0.6 is 0 Å². The van der Waals surface area contributed by atoms with E-state index in [1.807, 2.05) is 24.3 Å². The minimum absolute atomic E-state index is 0.0306. The molecule has 0 aliphatic carbocycles. The number of fused-ring (bicyclic) bond motifs is 1. The molecule has 10 heteroatoms. The van der Waals surface area contributed by atoms with Gasteiger partial charge in [0, 0.05) is 69.5 Å². The number of carbonyl (C=O) groups excluding carboxylic acids is 1. The molecule has 2 amide bonds. The van der Waals surface area contributed by atoms with Crippen molar-refractivity contribution in [3.63, 3.8) is 0 Å². The molecule has 8 nitrogen and oxygen atoms in total. The van der Waals surface area contributed by atoms with Gasteiger partial charge in [0.1, 0.15) is 23.0 Å². The predicted molar refractivity (Wildman–Crippen MR) is 124 cm³/mol. The summed E-state index contributed by atoms with van der Waals surface area (Å²) < 4.78 is 29.0. The van der Waals surface area contributed by atoms with Crippen molar-refractivity contribution in [2.45, 2.75) is 6.54 Å². The maximum atomic E-state index is 13.8. The van der Waals surface area contributed by atoms with Crippen LogP contribution in [0.5, 0.6) is 0 Å². The van der Waals surface area contributed by atoms with Gasteiger partial charge in [-0.15, -0.1) is 0 Å². The lowest BCUT2D eigenvalue weighted by Crippen LogP contribution is -2.50. The van der Waals surface area contributed by atoms with Crippen molar-refractivity contribution < 1.29 is 13.6 Å². The maximum absolute atomic E-state index is 13.8. The van der Waals surface area contributed by atoms with Gasteiger partial charge in [-0.25, -0.2) is 23.5 Å². The molecule has 174 valence electrons. The summed E-state index contributed by atoms with van der Waals surface area (Å²) in [6.45, 7) is 3.85. The van der Waals surface area contributed by atoms with Gasteiger partial charge in [-0.3, -0.25) is 9.88 Å². The average Bonchev–Trinajstić information content (AvgIpc) is 3.24. The quantitative estimate of drug-likeness (QED) is 0.489. The molecule has 1 aromatic carbocycles. The first-order valence-electron chi connectivity index (χ1n) is 11.0. The van der Waals surface area contributed by atoms with Crippen LogP contribution in [-0.4, -0.2) is 68.1 Å². The van der Waals surface area contributed by atoms with Crippen LogP contribution in [0.2, 0.25) is 0 Å². The standard InChI is InChI=1S/C24H23F2N7O/c25-18-3-4-20(19(26)16-18)30-24(34)32-13-10-31(11-14-32)12-15-33-22(17-5-8-27-9-6-17)29-21-2-1-7-28-23(21)33/h1-9,16H,10-15H2,(H,30,34). The fourth-order valence-electron chi connectivity index (χ4n) is 4.09. The SMILES string of the molecule is O=C(Nc1ccc(F)cc1F)N1CCN(CCn2c(-c3ccncc3)nc3cccnc32)CC1. The zero-order valence-corrected chi connectivity index (χ0v) is 18.4. The lowest BCUT2D eigenvalue weighted by atomic mass is 10.2. The number of piperazine rings is 1. The molecule has 5 rings (SSSR count). The van der Waals surface area contributed by atoms with Crippen LogP contribution in [0.3, 0.4) is 0 Å². The zero-order chi connectivity index (χ0) is 23.5. The highest BCUT2D eigenvalue weighted by atomic mass is 19.1. The van der Waals surface area contributed by atoms with Crippen LogP contribution in [0.25, 0.3) is 22.6 Å². The summed E-state index contributed by atoms with van der Waals surface area (Å²) >= 11 is 0. The molecule has 0 atom stereocenters. The third-order valence-electron chi connectivity index (χ3n) is 5.91. The first-order chi connectivity index (χ1) is 16.6. The predicted octanol–water partition coefficient (Wildman–Crippen LogP) is 3.62. The van der Waals surface area contributed by atoms with Gasteiger partial charge in [0.15, 0.2) is 5.65 Å². The fourth-order valence-corrected chi connectivity index (χ4v) is 4.09. The second-order valence-corrected chi connectivity index (χ2v) is 8.05. The van der Waals surface area contributed by atoms with Crippen molar-refractivity contribution in [2.75, 3.05) is 38.0 Å². The van der Waals surface area contributed by atoms with Gasteiger partial charge < -0.3 is 14.8 Å². The highest BCUT2D eigenvalue weighted by Gasteiger charge is 2.22. The van der Waals surface area contributed by atoms with Gasteiger partial charge in [0.25, 0.3) is 0 Å². The number of amides is 2. The second-order valence-electron chi connectivity index (χ2n) is 8.05. The van der Waals surface area contributed by atoms with Crippen molar-refractivity contribution in [3.8, 4) is 11.4 Å². The average molecular weight is 463 g/mol. The summed E-state index contributed by atoms with van der Waals surface area (Å²) in [5.74, 6) is -0.634. The summed E-state index contributed by atoms with van der Waals surface area (Å²) in [5.41, 5.74) is 2.61. The molecular formula is C24H23F2N7O. The number of hydrogen-bond acceptors (Lipinski definition) is 5. The molecule has 1 saturated heterocycles. The first kappa shape index (κ1) is 21.9. The second kappa shape index (κ2) is 9.52. The lowest BCUT2D eigenvalue weighted by molar-refractivity contribution is 0.144. The number of benzene rings is 1. The van der Waals surface area contributed by atoms with Crippen molar-refractivity contribution >= 4 is 22.9 Å². The Hall–Kier alpha value is -3.92. The molecule has 1 aliphatic heterocycles. The van der Waals surface area contributed by atoms with Crippen LogP contribution in [0.1, 0.15) is 0 Å². The van der Waals surface area contributed by atoms with Gasteiger partial charge in [-0.1, -0.05) is 0 Å². The Balaban J connectivity index is 1.22. The highest BCUT2D eigenvalue weighted by Crippen LogP contribution is 2.23. The van der Waals surface area contributed by atoms with Gasteiger partial charge in [-0.2, -0.15) is 0 Å². The topological polar surface area (TPSA) is 79.2 Å². The number of rotatable bonds is 5. The molecule has 3 aromatic heterocycles. The summed E-state index contributed by atoms with van der Waals surface area (Å²) in [6.07, 6.45) is 5.25. The van der Waals surface area contributed by atoms with E-state index in [-0.39, 0.29) is 5.69 Å². The van der Waals surface area contributed by atoms with Crippen molar-refractivity contribution in [2.24, 2.45) is 0 Å². The Morgan fingerprint density at radius 2 is 1.76 bits per heavy atom. The van der Waals surface area contributed by atoms with Crippen molar-refractivity contribution in [3.05, 3.63) is 72.7 Å². The van der Waals surface area contributed by atoms with E-state index >= 15 is 0 Å². The molecule has 0 radical (unpaired) electrons. The van der Waals surface area contributed by atoms with E-state index in [1.54, 1.807) is 23.5 Å². The Morgan fingerprint density at radius 3 is 2.53 bits per heavy atom. The van der Waals surface area contributed by atoms with Gasteiger partial charge in [0.2, 0.25) is 0 Å². The Kier molecular flexibility index (Phi) is 6.13. The summed E-state index contributed by atoms with van der Waals surface area (Å²) in [4.78, 5) is 29.8. The molecule has 4 aromatic rings. The Bertz CT molecular complexity index is 1300. The smallest absolute Gasteiger partial charge is 0.322 e. The molecule has 1 fully saturated rings. The molecule has 1 aliphatic rings. The van der Waals surface area contributed by atoms with E-state index in [9.17, 15) is 13.6 Å². The third kappa shape index (κ3) is 4.58. The van der Waals surface area contributed by atoms with E-state index in [0.29, 0.717) is 32.7 Å². The number of pyridine rings is 2. The number of nitrogens with zero attached hydrogens (tertiary/aromatic N) is 6. The lowest BCUT2D eigenvalue weighted by Gasteiger charge is -2.34. The van der Waals surface area contributed by atoms with E-state index < -0.39 is 17.7 Å². The molecule has 0 unspecified atom stereocenters. The summed E-state index contributed by atoms with van der Waals surface area (Å²) in [7, 11) is 0. The van der Waals surface area contributed by atoms with Crippen LogP contribution in [-0.2, 0) is 6.54 Å². The first-order valence-corrected chi connectivity index (χ1v) is 11.0. The normalized spacial score (nSPS) is 14.5. The highest BCUT2D eigenvalue weighted by molar-refractivity contribution is 5.89. The molecule has 1 N–H and O–H groups in total. The van der Waals surface area contributed by atoms with Gasteiger partial charge in [0.05, 0.1) is 5.69 Å². The van der Waals surface area contributed by atoms with Crippen LogP contribution in [0.15, 0.2) is 61.1 Å². The largest absolute Gasteiger partial charge is 0.322 e. The molecule has 34 heavy (non-hydrogen) atoms. The van der Waals surface area contributed by atoms with Crippen LogP contribution in [0, 0.1) is 11.6 Å². The van der Waals surface area contributed by atoms with Crippen LogP contribution < -0.4 is 5.32 Å². The number of nitrogens with one attached hydrogen (secondary N) is 1. The number of carbonyl (C=O) groups is 1. The monoisotopic (exact) mass is 463 g/mol. The van der Waals surface area contributed by atoms with E-state index in [1.165, 1.54) is 6.07 Å². The third-order valence-corrected chi connectivity index (χ3v) is 5.91. The van der Waals surface area contributed by atoms with Crippen molar-refractivity contribution in [1.29, 1.82) is 0 Å². The Morgan fingerprint density at radius 1 is 0.971 bits per heavy atom. The number of anilines is 1. The molecule has 0 bridgehead atoms. The number of urea groups is 1. The van der Waals surface area contributed by atoms with E-state index in [0.717, 1.165) is 41.2 Å². The molecule has 4 heterocycles. The number of imidazole rings is 1. The van der Waals surface area contributed by atoms with Gasteiger partial charge in [-0.05, 0) is 36.4 Å². The zero-order valence-electron chi connectivity index (χ0n) is 18.4. The number of aromatic nitrogens is 4. The van der Waals surface area contributed by atoms with Crippen molar-refractivity contribution in [1.82, 2.24) is 29.3 Å². The summed E-state index contributed by atoms with van der Waals surface area (Å²) in [6, 6.07) is 10.4. The fraction of sp³-hybridized carbons (Fsp3) is 0.250. The number of hydrogen-bond donors (Lipinski definition) is 1. The van der Waals surface area contributed by atoms with Gasteiger partial charge >= 0.3 is 6.03 Å². The molecule has 0 saturated carbocycles. The molecule has 0 spiro atoms.